The number of benzene rings is 3. The Morgan fingerprint density at radius 3 is 2.62 bits per heavy atom. The number of amides is 1. The lowest BCUT2D eigenvalue weighted by Crippen LogP contribution is -2.45. The molecule has 1 aromatic heterocycles. The number of imidazole rings is 1. The van der Waals surface area contributed by atoms with Gasteiger partial charge in [0.15, 0.2) is 0 Å². The lowest BCUT2D eigenvalue weighted by Gasteiger charge is -2.38. The van der Waals surface area contributed by atoms with Gasteiger partial charge in [-0.1, -0.05) is 49.4 Å². The van der Waals surface area contributed by atoms with Gasteiger partial charge in [0.25, 0.3) is 0 Å². The lowest BCUT2D eigenvalue weighted by molar-refractivity contribution is -0.134. The van der Waals surface area contributed by atoms with E-state index in [2.05, 4.69) is 59.4 Å². The number of likely N-dealkylation sites (tertiary alicyclic amines) is 1. The van der Waals surface area contributed by atoms with Gasteiger partial charge in [0.2, 0.25) is 5.91 Å². The molecule has 6 nitrogen and oxygen atoms in total. The van der Waals surface area contributed by atoms with Gasteiger partial charge in [0.05, 0.1) is 29.1 Å². The number of carbonyl (C=O) groups is 1. The fourth-order valence-electron chi connectivity index (χ4n) is 6.51. The molecular formula is C34H36N4O2. The van der Waals surface area contributed by atoms with Crippen LogP contribution in [0.2, 0.25) is 0 Å². The van der Waals surface area contributed by atoms with Gasteiger partial charge in [0.1, 0.15) is 11.6 Å². The number of nitrogens with zero attached hydrogens (tertiary/aromatic N) is 3. The first-order chi connectivity index (χ1) is 19.4. The highest BCUT2D eigenvalue weighted by atomic mass is 16.5. The fourth-order valence-corrected chi connectivity index (χ4v) is 6.51. The number of aryl methyl sites for hydroxylation is 1. The third kappa shape index (κ3) is 5.09. The molecule has 204 valence electrons. The van der Waals surface area contributed by atoms with Crippen LogP contribution in [0.5, 0.6) is 5.75 Å². The van der Waals surface area contributed by atoms with E-state index in [1.54, 1.807) is 0 Å². The molecule has 1 amide bonds. The van der Waals surface area contributed by atoms with Crippen LogP contribution >= 0.6 is 0 Å². The second-order valence-electron chi connectivity index (χ2n) is 11.6. The first-order valence-corrected chi connectivity index (χ1v) is 14.4. The first kappa shape index (κ1) is 26.1. The number of piperidine rings is 1. The summed E-state index contributed by atoms with van der Waals surface area (Å²) in [6.45, 7) is 6.11. The van der Waals surface area contributed by atoms with Gasteiger partial charge in [-0.25, -0.2) is 4.98 Å². The summed E-state index contributed by atoms with van der Waals surface area (Å²) in [6.07, 6.45) is 3.63. The van der Waals surface area contributed by atoms with Crippen molar-refractivity contribution in [2.45, 2.75) is 51.4 Å². The molecule has 0 radical (unpaired) electrons. The summed E-state index contributed by atoms with van der Waals surface area (Å²) in [5, 5.41) is 10.0. The van der Waals surface area contributed by atoms with Gasteiger partial charge >= 0.3 is 0 Å². The lowest BCUT2D eigenvalue weighted by atomic mass is 9.74. The van der Waals surface area contributed by atoms with Gasteiger partial charge in [-0.15, -0.1) is 0 Å². The second kappa shape index (κ2) is 10.8. The summed E-state index contributed by atoms with van der Waals surface area (Å²) in [7, 11) is 0. The predicted octanol–water partition coefficient (Wildman–Crippen LogP) is 6.59. The van der Waals surface area contributed by atoms with Crippen LogP contribution in [0.4, 0.5) is 0 Å². The normalized spacial score (nSPS) is 20.6. The Bertz CT molecular complexity index is 1560. The molecule has 1 fully saturated rings. The van der Waals surface area contributed by atoms with E-state index < -0.39 is 5.41 Å². The molecule has 0 bridgehead atoms. The topological polar surface area (TPSA) is 82.0 Å². The largest absolute Gasteiger partial charge is 0.493 e. The average Bonchev–Trinajstić information content (AvgIpc) is 3.36. The Morgan fingerprint density at radius 2 is 1.85 bits per heavy atom. The van der Waals surface area contributed by atoms with E-state index >= 15 is 0 Å². The Kier molecular flexibility index (Phi) is 7.06. The van der Waals surface area contributed by atoms with Crippen molar-refractivity contribution in [1.29, 1.82) is 5.26 Å². The highest BCUT2D eigenvalue weighted by Crippen LogP contribution is 2.37. The quantitative estimate of drug-likeness (QED) is 0.321. The molecule has 6 rings (SSSR count). The van der Waals surface area contributed by atoms with Gasteiger partial charge in [-0.3, -0.25) is 4.79 Å². The average molecular weight is 533 g/mol. The van der Waals surface area contributed by atoms with Crippen LogP contribution in [0, 0.1) is 30.1 Å². The van der Waals surface area contributed by atoms with Crippen molar-refractivity contribution in [2.75, 3.05) is 19.7 Å². The number of hydrogen-bond donors (Lipinski definition) is 1. The van der Waals surface area contributed by atoms with Crippen LogP contribution in [0.15, 0.2) is 66.7 Å². The maximum absolute atomic E-state index is 13.4. The molecule has 4 aromatic rings. The highest BCUT2D eigenvalue weighted by molar-refractivity contribution is 5.82. The summed E-state index contributed by atoms with van der Waals surface area (Å²) in [6, 6.07) is 25.4. The number of ether oxygens (including phenoxy) is 1. The summed E-state index contributed by atoms with van der Waals surface area (Å²) in [5.41, 5.74) is 6.08. The number of rotatable bonds is 4. The molecule has 1 N–H and O–H groups in total. The smallest absolute Gasteiger partial charge is 0.222 e. The van der Waals surface area contributed by atoms with Crippen LogP contribution in [-0.4, -0.2) is 40.5 Å². The predicted molar refractivity (Wildman–Crippen MR) is 157 cm³/mol. The maximum Gasteiger partial charge on any atom is 0.222 e. The third-order valence-corrected chi connectivity index (χ3v) is 9.03. The van der Waals surface area contributed by atoms with Crippen molar-refractivity contribution in [3.8, 4) is 22.9 Å². The van der Waals surface area contributed by atoms with Crippen LogP contribution in [0.3, 0.4) is 0 Å². The molecule has 2 unspecified atom stereocenters. The van der Waals surface area contributed by atoms with Crippen LogP contribution in [0.1, 0.15) is 49.6 Å². The zero-order chi connectivity index (χ0) is 27.7. The zero-order valence-corrected chi connectivity index (χ0v) is 23.3. The minimum Gasteiger partial charge on any atom is -0.493 e. The molecule has 40 heavy (non-hydrogen) atoms. The molecule has 3 heterocycles. The highest BCUT2D eigenvalue weighted by Gasteiger charge is 2.38. The number of hydrogen-bond acceptors (Lipinski definition) is 4. The number of H-pyrrole nitrogens is 1. The Morgan fingerprint density at radius 1 is 1.10 bits per heavy atom. The standard InChI is InChI=1S/C34H36N4O2/c1-23-18-28-19-26(27-8-10-30-31(20-27)37-24(2)36-30)9-11-32(28)40-17-12-25(23)21-33(39)38-15-13-34(22-35,14-16-38)29-6-4-3-5-7-29/h3-11,19-20,23,25H,12-18,21H2,1-2H3,(H,36,37). The first-order valence-electron chi connectivity index (χ1n) is 14.4. The van der Waals surface area contributed by atoms with E-state index in [-0.39, 0.29) is 11.8 Å². The number of nitrogens with one attached hydrogen (secondary N) is 1. The molecule has 0 saturated carbocycles. The van der Waals surface area contributed by atoms with Gasteiger partial charge < -0.3 is 14.6 Å². The van der Waals surface area contributed by atoms with Gasteiger partial charge in [-0.05, 0) is 91.0 Å². The van der Waals surface area contributed by atoms with Crippen LogP contribution < -0.4 is 4.74 Å². The molecule has 2 atom stereocenters. The summed E-state index contributed by atoms with van der Waals surface area (Å²) < 4.78 is 6.21. The molecule has 0 spiro atoms. The van der Waals surface area contributed by atoms with Crippen molar-refractivity contribution < 1.29 is 9.53 Å². The minimum absolute atomic E-state index is 0.203. The van der Waals surface area contributed by atoms with Crippen molar-refractivity contribution in [3.05, 3.63) is 83.7 Å². The van der Waals surface area contributed by atoms with E-state index in [0.717, 1.165) is 52.1 Å². The SMILES string of the molecule is Cc1nc2ccc(-c3ccc4c(c3)CC(C)C(CC(=O)N3CCC(C#N)(c5ccccc5)CC3)CCO4)cc2[nH]1. The van der Waals surface area contributed by atoms with Crippen molar-refractivity contribution in [1.82, 2.24) is 14.9 Å². The number of aromatic nitrogens is 2. The summed E-state index contributed by atoms with van der Waals surface area (Å²) in [4.78, 5) is 23.3. The molecule has 2 aliphatic rings. The van der Waals surface area contributed by atoms with Gasteiger partial charge in [0, 0.05) is 19.5 Å². The third-order valence-electron chi connectivity index (χ3n) is 9.03. The minimum atomic E-state index is -0.498. The van der Waals surface area contributed by atoms with Crippen LogP contribution in [-0.2, 0) is 16.6 Å². The maximum atomic E-state index is 13.4. The summed E-state index contributed by atoms with van der Waals surface area (Å²) >= 11 is 0. The number of fused-ring (bicyclic) bond motifs is 2. The fraction of sp³-hybridized carbons (Fsp3) is 0.382. The van der Waals surface area contributed by atoms with Crippen molar-refractivity contribution in [3.63, 3.8) is 0 Å². The van der Waals surface area contributed by atoms with E-state index in [1.807, 2.05) is 42.2 Å². The zero-order valence-electron chi connectivity index (χ0n) is 23.3. The number of aromatic amines is 1. The van der Waals surface area contributed by atoms with Crippen molar-refractivity contribution in [2.24, 2.45) is 11.8 Å². The van der Waals surface area contributed by atoms with Crippen molar-refractivity contribution >= 4 is 16.9 Å². The monoisotopic (exact) mass is 532 g/mol. The number of carbonyl (C=O) groups excluding carboxylic acids is 1. The molecular weight excluding hydrogens is 496 g/mol. The Hall–Kier alpha value is -4.11. The van der Waals surface area contributed by atoms with Crippen LogP contribution in [0.25, 0.3) is 22.2 Å². The van der Waals surface area contributed by atoms with E-state index in [9.17, 15) is 10.1 Å². The molecule has 0 aliphatic carbocycles. The number of nitriles is 1. The molecule has 3 aromatic carbocycles. The van der Waals surface area contributed by atoms with E-state index in [1.165, 1.54) is 5.56 Å². The van der Waals surface area contributed by atoms with Gasteiger partial charge in [-0.2, -0.15) is 5.26 Å². The summed E-state index contributed by atoms with van der Waals surface area (Å²) in [5.74, 6) is 2.67. The molecule has 1 saturated heterocycles. The van der Waals surface area contributed by atoms with E-state index in [4.69, 9.17) is 4.74 Å². The Labute approximate surface area is 236 Å². The Balaban J connectivity index is 1.13. The second-order valence-corrected chi connectivity index (χ2v) is 11.6. The molecule has 2 aliphatic heterocycles. The molecule has 6 heteroatoms. The van der Waals surface area contributed by atoms with E-state index in [0.29, 0.717) is 44.9 Å².